The molecule has 0 saturated carbocycles. The molecule has 2 aliphatic rings. The molecule has 1 aromatic carbocycles. The molecule has 122 valence electrons. The zero-order valence-electron chi connectivity index (χ0n) is 12.3. The van der Waals surface area contributed by atoms with E-state index in [-0.39, 0.29) is 34.4 Å². The Kier molecular flexibility index (Phi) is 3.89. The standard InChI is InChI=1S/C14H14ClN3O4S/c1-9-16-5-6-17(9)14(20)11-3-2-10(8-12(11)15)18-13(19)4-7-23(18,21)22/h2-3,8H,4-7H2,1H3. The van der Waals surface area contributed by atoms with Gasteiger partial charge < -0.3 is 0 Å². The van der Waals surface area contributed by atoms with Gasteiger partial charge in [-0.15, -0.1) is 0 Å². The maximum Gasteiger partial charge on any atom is 0.260 e. The fourth-order valence-electron chi connectivity index (χ4n) is 2.63. The second-order valence-corrected chi connectivity index (χ2v) is 7.62. The summed E-state index contributed by atoms with van der Waals surface area (Å²) in [5, 5.41) is 0.0992. The van der Waals surface area contributed by atoms with Gasteiger partial charge in [0.05, 0.1) is 28.6 Å². The van der Waals surface area contributed by atoms with Crippen LogP contribution in [0.15, 0.2) is 23.2 Å². The van der Waals surface area contributed by atoms with Crippen LogP contribution in [0.25, 0.3) is 0 Å². The smallest absolute Gasteiger partial charge is 0.260 e. The van der Waals surface area contributed by atoms with Crippen LogP contribution in [-0.2, 0) is 14.8 Å². The average molecular weight is 356 g/mol. The fraction of sp³-hybridized carbons (Fsp3) is 0.357. The number of rotatable bonds is 2. The maximum atomic E-state index is 12.5. The van der Waals surface area contributed by atoms with Crippen LogP contribution in [0.5, 0.6) is 0 Å². The molecular weight excluding hydrogens is 342 g/mol. The number of sulfonamides is 1. The molecule has 2 heterocycles. The van der Waals surface area contributed by atoms with E-state index in [9.17, 15) is 18.0 Å². The van der Waals surface area contributed by atoms with E-state index in [0.717, 1.165) is 4.31 Å². The monoisotopic (exact) mass is 355 g/mol. The predicted molar refractivity (Wildman–Crippen MR) is 86.4 cm³/mol. The number of carbonyl (C=O) groups is 2. The zero-order valence-corrected chi connectivity index (χ0v) is 13.9. The predicted octanol–water partition coefficient (Wildman–Crippen LogP) is 1.28. The normalized spacial score (nSPS) is 20.1. The Morgan fingerprint density at radius 1 is 1.35 bits per heavy atom. The summed E-state index contributed by atoms with van der Waals surface area (Å²) < 4.78 is 24.6. The van der Waals surface area contributed by atoms with Crippen molar-refractivity contribution in [2.75, 3.05) is 23.1 Å². The first-order valence-corrected chi connectivity index (χ1v) is 8.98. The zero-order chi connectivity index (χ0) is 16.8. The summed E-state index contributed by atoms with van der Waals surface area (Å²) in [6.07, 6.45) is -0.0515. The summed E-state index contributed by atoms with van der Waals surface area (Å²) in [4.78, 5) is 29.9. The number of halogens is 1. The number of amides is 2. The lowest BCUT2D eigenvalue weighted by molar-refractivity contribution is -0.116. The van der Waals surface area contributed by atoms with Crippen LogP contribution in [0.1, 0.15) is 23.7 Å². The van der Waals surface area contributed by atoms with Gasteiger partial charge in [0.2, 0.25) is 15.9 Å². The molecule has 0 bridgehead atoms. The van der Waals surface area contributed by atoms with Crippen molar-refractivity contribution in [2.45, 2.75) is 13.3 Å². The van der Waals surface area contributed by atoms with E-state index in [0.29, 0.717) is 18.9 Å². The summed E-state index contributed by atoms with van der Waals surface area (Å²) in [7, 11) is -3.65. The van der Waals surface area contributed by atoms with Crippen molar-refractivity contribution >= 4 is 45.0 Å². The number of benzene rings is 1. The number of carbonyl (C=O) groups excluding carboxylic acids is 2. The van der Waals surface area contributed by atoms with Gasteiger partial charge in [-0.2, -0.15) is 0 Å². The van der Waals surface area contributed by atoms with Gasteiger partial charge >= 0.3 is 0 Å². The minimum atomic E-state index is -3.65. The number of anilines is 1. The molecule has 0 aromatic heterocycles. The number of nitrogens with zero attached hydrogens (tertiary/aromatic N) is 3. The minimum Gasteiger partial charge on any atom is -0.295 e. The van der Waals surface area contributed by atoms with Gasteiger partial charge in [-0.05, 0) is 25.1 Å². The molecule has 0 atom stereocenters. The van der Waals surface area contributed by atoms with E-state index >= 15 is 0 Å². The van der Waals surface area contributed by atoms with E-state index in [1.165, 1.54) is 23.1 Å². The highest BCUT2D eigenvalue weighted by Gasteiger charge is 2.36. The molecule has 2 amide bonds. The molecule has 3 rings (SSSR count). The van der Waals surface area contributed by atoms with Crippen LogP contribution in [0, 0.1) is 0 Å². The molecule has 1 saturated heterocycles. The first-order valence-electron chi connectivity index (χ1n) is 6.99. The maximum absolute atomic E-state index is 12.5. The van der Waals surface area contributed by atoms with Crippen LogP contribution in [-0.4, -0.2) is 49.8 Å². The Bertz CT molecular complexity index is 834. The fourth-order valence-corrected chi connectivity index (χ4v) is 4.33. The number of aliphatic imine (C=N–C) groups is 1. The van der Waals surface area contributed by atoms with Crippen molar-refractivity contribution in [3.05, 3.63) is 28.8 Å². The molecular formula is C14H14ClN3O4S. The van der Waals surface area contributed by atoms with Crippen LogP contribution in [0.4, 0.5) is 5.69 Å². The van der Waals surface area contributed by atoms with Crippen molar-refractivity contribution in [1.82, 2.24) is 4.90 Å². The van der Waals surface area contributed by atoms with Gasteiger partial charge in [0.15, 0.2) is 0 Å². The molecule has 0 N–H and O–H groups in total. The number of hydrogen-bond donors (Lipinski definition) is 0. The highest BCUT2D eigenvalue weighted by atomic mass is 35.5. The first-order chi connectivity index (χ1) is 10.8. The van der Waals surface area contributed by atoms with Gasteiger partial charge in [0.25, 0.3) is 5.91 Å². The summed E-state index contributed by atoms with van der Waals surface area (Å²) >= 11 is 6.15. The highest BCUT2D eigenvalue weighted by molar-refractivity contribution is 7.94. The van der Waals surface area contributed by atoms with Crippen LogP contribution >= 0.6 is 11.6 Å². The third-order valence-electron chi connectivity index (χ3n) is 3.80. The Hall–Kier alpha value is -1.93. The van der Waals surface area contributed by atoms with E-state index in [1.807, 2.05) is 0 Å². The van der Waals surface area contributed by atoms with Gasteiger partial charge in [-0.3, -0.25) is 19.5 Å². The third-order valence-corrected chi connectivity index (χ3v) is 5.80. The van der Waals surface area contributed by atoms with E-state index in [1.54, 1.807) is 6.92 Å². The largest absolute Gasteiger partial charge is 0.295 e. The molecule has 2 aliphatic heterocycles. The molecule has 1 fully saturated rings. The molecule has 9 heteroatoms. The van der Waals surface area contributed by atoms with Crippen molar-refractivity contribution < 1.29 is 18.0 Å². The lowest BCUT2D eigenvalue weighted by Crippen LogP contribution is -2.33. The lowest BCUT2D eigenvalue weighted by Gasteiger charge is -2.19. The molecule has 0 unspecified atom stereocenters. The van der Waals surface area contributed by atoms with Crippen LogP contribution < -0.4 is 4.31 Å². The molecule has 0 aliphatic carbocycles. The summed E-state index contributed by atoms with van der Waals surface area (Å²) in [6, 6.07) is 4.19. The first kappa shape index (κ1) is 15.9. The van der Waals surface area contributed by atoms with Crippen molar-refractivity contribution in [3.63, 3.8) is 0 Å². The van der Waals surface area contributed by atoms with Crippen molar-refractivity contribution in [3.8, 4) is 0 Å². The second-order valence-electron chi connectivity index (χ2n) is 5.27. The number of hydrogen-bond acceptors (Lipinski definition) is 5. The summed E-state index contributed by atoms with van der Waals surface area (Å²) in [5.74, 6) is -0.390. The van der Waals surface area contributed by atoms with Gasteiger partial charge in [-0.25, -0.2) is 12.7 Å². The highest BCUT2D eigenvalue weighted by Crippen LogP contribution is 2.30. The Balaban J connectivity index is 1.94. The molecule has 0 spiro atoms. The number of amidine groups is 1. The Morgan fingerprint density at radius 2 is 2.09 bits per heavy atom. The van der Waals surface area contributed by atoms with E-state index in [4.69, 9.17) is 11.6 Å². The topological polar surface area (TPSA) is 87.1 Å². The van der Waals surface area contributed by atoms with Crippen molar-refractivity contribution in [1.29, 1.82) is 0 Å². The average Bonchev–Trinajstić information content (AvgIpc) is 3.01. The summed E-state index contributed by atoms with van der Waals surface area (Å²) in [6.45, 7) is 2.78. The minimum absolute atomic E-state index is 0.0515. The second kappa shape index (κ2) is 5.61. The quantitative estimate of drug-likeness (QED) is 0.799. The molecule has 7 nitrogen and oxygen atoms in total. The van der Waals surface area contributed by atoms with Gasteiger partial charge in [-0.1, -0.05) is 11.6 Å². The Morgan fingerprint density at radius 3 is 2.61 bits per heavy atom. The molecule has 23 heavy (non-hydrogen) atoms. The van der Waals surface area contributed by atoms with Gasteiger partial charge in [0.1, 0.15) is 5.84 Å². The third kappa shape index (κ3) is 2.72. The molecule has 0 radical (unpaired) electrons. The van der Waals surface area contributed by atoms with Gasteiger partial charge in [0, 0.05) is 13.0 Å². The lowest BCUT2D eigenvalue weighted by atomic mass is 10.1. The van der Waals surface area contributed by atoms with E-state index in [2.05, 4.69) is 4.99 Å². The van der Waals surface area contributed by atoms with Crippen LogP contribution in [0.2, 0.25) is 5.02 Å². The SMILES string of the molecule is CC1=NCCN1C(=O)c1ccc(N2C(=O)CCS2(=O)=O)cc1Cl. The Labute approximate surface area is 138 Å². The van der Waals surface area contributed by atoms with Crippen molar-refractivity contribution in [2.24, 2.45) is 4.99 Å². The van der Waals surface area contributed by atoms with Crippen LogP contribution in [0.3, 0.4) is 0 Å². The van der Waals surface area contributed by atoms with E-state index < -0.39 is 15.9 Å². The summed E-state index contributed by atoms with van der Waals surface area (Å²) in [5.41, 5.74) is 0.400. The molecule has 1 aromatic rings.